The van der Waals surface area contributed by atoms with Crippen LogP contribution in [0.2, 0.25) is 0 Å². The van der Waals surface area contributed by atoms with E-state index in [2.05, 4.69) is 6.58 Å². The molecule has 1 aromatic rings. The van der Waals surface area contributed by atoms with Crippen LogP contribution in [0.25, 0.3) is 6.08 Å². The van der Waals surface area contributed by atoms with Gasteiger partial charge in [0, 0.05) is 25.0 Å². The van der Waals surface area contributed by atoms with Crippen molar-refractivity contribution in [3.05, 3.63) is 36.2 Å². The van der Waals surface area contributed by atoms with Gasteiger partial charge in [-0.1, -0.05) is 12.7 Å². The van der Waals surface area contributed by atoms with Crippen molar-refractivity contribution in [3.63, 3.8) is 0 Å². The molecule has 0 bridgehead atoms. The third kappa shape index (κ3) is 5.58. The number of nitrogens with zero attached hydrogens (tertiary/aromatic N) is 1. The van der Waals surface area contributed by atoms with Crippen LogP contribution >= 0.6 is 0 Å². The van der Waals surface area contributed by atoms with Gasteiger partial charge in [-0.15, -0.1) is 0 Å². The Kier molecular flexibility index (Phi) is 6.01. The highest BCUT2D eigenvalue weighted by Crippen LogP contribution is 1.99. The molecule has 17 heavy (non-hydrogen) atoms. The summed E-state index contributed by atoms with van der Waals surface area (Å²) in [6.45, 7) is 6.18. The van der Waals surface area contributed by atoms with E-state index >= 15 is 0 Å². The van der Waals surface area contributed by atoms with Crippen LogP contribution in [0.3, 0.4) is 0 Å². The second-order valence-electron chi connectivity index (χ2n) is 3.64. The SMILES string of the molecule is C=Cc1ccc(C)[n+](CCCS(=O)(=O)O)c1.[OH-]. The molecule has 0 saturated heterocycles. The summed E-state index contributed by atoms with van der Waals surface area (Å²) >= 11 is 0. The Labute approximate surface area is 101 Å². The Balaban J connectivity index is 0.00000256. The van der Waals surface area contributed by atoms with E-state index in [9.17, 15) is 8.42 Å². The van der Waals surface area contributed by atoms with Gasteiger partial charge in [-0.25, -0.2) is 4.57 Å². The van der Waals surface area contributed by atoms with Crippen molar-refractivity contribution in [2.24, 2.45) is 0 Å². The molecule has 0 aliphatic carbocycles. The van der Waals surface area contributed by atoms with E-state index in [0.29, 0.717) is 13.0 Å². The molecule has 0 aromatic carbocycles. The summed E-state index contributed by atoms with van der Waals surface area (Å²) in [5.41, 5.74) is 2.03. The number of pyridine rings is 1. The fourth-order valence-corrected chi connectivity index (χ4v) is 1.91. The minimum atomic E-state index is -3.86. The van der Waals surface area contributed by atoms with Crippen molar-refractivity contribution in [2.45, 2.75) is 19.9 Å². The summed E-state index contributed by atoms with van der Waals surface area (Å²) < 4.78 is 31.7. The van der Waals surface area contributed by atoms with Crippen LogP contribution in [0.4, 0.5) is 0 Å². The highest BCUT2D eigenvalue weighted by Gasteiger charge is 2.10. The van der Waals surface area contributed by atoms with Crippen LogP contribution in [-0.4, -0.2) is 24.2 Å². The zero-order valence-electron chi connectivity index (χ0n) is 9.70. The van der Waals surface area contributed by atoms with Crippen LogP contribution in [0.1, 0.15) is 17.7 Å². The van der Waals surface area contributed by atoms with Crippen molar-refractivity contribution >= 4 is 16.2 Å². The van der Waals surface area contributed by atoms with Crippen LogP contribution in [0.15, 0.2) is 24.9 Å². The van der Waals surface area contributed by atoms with Gasteiger partial charge in [0.15, 0.2) is 11.9 Å². The standard InChI is InChI=1S/C11H15NO3S.H2O/c1-3-11-6-5-10(2)12(9-11)7-4-8-16(13,14)15;/h3,5-6,9H,1,4,7-8H2,2H3;1H2. The smallest absolute Gasteiger partial charge is 0.265 e. The lowest BCUT2D eigenvalue weighted by Crippen LogP contribution is -2.37. The van der Waals surface area contributed by atoms with E-state index in [4.69, 9.17) is 4.55 Å². The molecule has 0 aliphatic heterocycles. The van der Waals surface area contributed by atoms with Gasteiger partial charge >= 0.3 is 0 Å². The summed E-state index contributed by atoms with van der Waals surface area (Å²) in [7, 11) is -3.86. The van der Waals surface area contributed by atoms with Crippen LogP contribution in [0, 0.1) is 6.92 Å². The second-order valence-corrected chi connectivity index (χ2v) is 5.21. The molecule has 1 rings (SSSR count). The molecule has 6 heteroatoms. The van der Waals surface area contributed by atoms with Crippen molar-refractivity contribution in [1.29, 1.82) is 0 Å². The molecule has 0 unspecified atom stereocenters. The maximum Gasteiger partial charge on any atom is 0.265 e. The van der Waals surface area contributed by atoms with Gasteiger partial charge in [0.2, 0.25) is 0 Å². The van der Waals surface area contributed by atoms with E-state index < -0.39 is 10.1 Å². The van der Waals surface area contributed by atoms with Gasteiger partial charge in [0.25, 0.3) is 10.1 Å². The van der Waals surface area contributed by atoms with Gasteiger partial charge in [0.05, 0.1) is 5.75 Å². The molecule has 5 nitrogen and oxygen atoms in total. The monoisotopic (exact) mass is 259 g/mol. The number of aryl methyl sites for hydroxylation is 2. The Hall–Kier alpha value is -1.24. The molecular weight excluding hydrogens is 242 g/mol. The second kappa shape index (κ2) is 6.48. The van der Waals surface area contributed by atoms with Gasteiger partial charge in [0.1, 0.15) is 6.54 Å². The lowest BCUT2D eigenvalue weighted by molar-refractivity contribution is -0.702. The van der Waals surface area contributed by atoms with Gasteiger partial charge in [-0.2, -0.15) is 8.42 Å². The zero-order chi connectivity index (χ0) is 12.2. The number of rotatable bonds is 5. The Morgan fingerprint density at radius 2 is 2.12 bits per heavy atom. The molecule has 0 radical (unpaired) electrons. The van der Waals surface area contributed by atoms with Crippen LogP contribution < -0.4 is 4.57 Å². The Morgan fingerprint density at radius 1 is 1.47 bits per heavy atom. The number of hydrogen-bond donors (Lipinski definition) is 1. The van der Waals surface area contributed by atoms with Crippen molar-refractivity contribution in [3.8, 4) is 0 Å². The molecular formula is C11H17NO4S. The van der Waals surface area contributed by atoms with E-state index in [1.807, 2.05) is 29.8 Å². The largest absolute Gasteiger partial charge is 0.870 e. The fourth-order valence-electron chi connectivity index (χ4n) is 1.42. The van der Waals surface area contributed by atoms with Gasteiger partial charge in [-0.3, -0.25) is 4.55 Å². The summed E-state index contributed by atoms with van der Waals surface area (Å²) in [6.07, 6.45) is 4.04. The van der Waals surface area contributed by atoms with Crippen molar-refractivity contribution in [2.75, 3.05) is 5.75 Å². The van der Waals surface area contributed by atoms with Crippen LogP contribution in [-0.2, 0) is 16.7 Å². The fraction of sp³-hybridized carbons (Fsp3) is 0.364. The zero-order valence-corrected chi connectivity index (χ0v) is 10.5. The molecule has 1 heterocycles. The average Bonchev–Trinajstić information content (AvgIpc) is 2.19. The lowest BCUT2D eigenvalue weighted by Gasteiger charge is -2.01. The molecule has 96 valence electrons. The van der Waals surface area contributed by atoms with E-state index in [1.54, 1.807) is 6.08 Å². The molecule has 1 aromatic heterocycles. The quantitative estimate of drug-likeness (QED) is 0.631. The third-order valence-corrected chi connectivity index (χ3v) is 3.12. The lowest BCUT2D eigenvalue weighted by atomic mass is 10.2. The molecule has 0 atom stereocenters. The predicted octanol–water partition coefficient (Wildman–Crippen LogP) is 1.03. The van der Waals surface area contributed by atoms with E-state index in [-0.39, 0.29) is 11.2 Å². The molecule has 2 N–H and O–H groups in total. The maximum atomic E-state index is 10.6. The molecule has 0 spiro atoms. The molecule has 0 amide bonds. The molecule has 0 fully saturated rings. The average molecular weight is 259 g/mol. The minimum absolute atomic E-state index is 0. The molecule has 0 saturated carbocycles. The normalized spacial score (nSPS) is 10.7. The summed E-state index contributed by atoms with van der Waals surface area (Å²) in [5.74, 6) is -0.211. The van der Waals surface area contributed by atoms with Crippen molar-refractivity contribution in [1.82, 2.24) is 0 Å². The number of hydrogen-bond acceptors (Lipinski definition) is 3. The highest BCUT2D eigenvalue weighted by atomic mass is 32.2. The summed E-state index contributed by atoms with van der Waals surface area (Å²) in [4.78, 5) is 0. The maximum absolute atomic E-state index is 10.6. The first-order valence-electron chi connectivity index (χ1n) is 5.00. The van der Waals surface area contributed by atoms with Gasteiger partial charge in [-0.05, 0) is 6.07 Å². The van der Waals surface area contributed by atoms with E-state index in [1.165, 1.54) is 0 Å². The highest BCUT2D eigenvalue weighted by molar-refractivity contribution is 7.85. The van der Waals surface area contributed by atoms with Crippen LogP contribution in [0.5, 0.6) is 0 Å². The Morgan fingerprint density at radius 3 is 2.65 bits per heavy atom. The first-order valence-corrected chi connectivity index (χ1v) is 6.61. The molecule has 0 aliphatic rings. The van der Waals surface area contributed by atoms with Crippen molar-refractivity contribution < 1.29 is 23.0 Å². The minimum Gasteiger partial charge on any atom is -0.870 e. The van der Waals surface area contributed by atoms with E-state index in [0.717, 1.165) is 11.3 Å². The Bertz CT molecular complexity index is 482. The third-order valence-electron chi connectivity index (χ3n) is 2.31. The predicted molar refractivity (Wildman–Crippen MR) is 64.4 cm³/mol. The number of aromatic nitrogens is 1. The summed E-state index contributed by atoms with van der Waals surface area (Å²) in [6, 6.07) is 3.89. The topological polar surface area (TPSA) is 88.2 Å². The first-order chi connectivity index (χ1) is 7.42. The summed E-state index contributed by atoms with van der Waals surface area (Å²) in [5, 5.41) is 0. The first kappa shape index (κ1) is 15.8. The van der Waals surface area contributed by atoms with Gasteiger partial charge < -0.3 is 5.48 Å².